The van der Waals surface area contributed by atoms with Gasteiger partial charge in [-0.05, 0) is 36.8 Å². The fourth-order valence-electron chi connectivity index (χ4n) is 2.69. The van der Waals surface area contributed by atoms with Crippen molar-refractivity contribution in [3.8, 4) is 5.75 Å². The highest BCUT2D eigenvalue weighted by Gasteiger charge is 2.17. The first-order chi connectivity index (χ1) is 15.7. The van der Waals surface area contributed by atoms with Crippen molar-refractivity contribution < 1.29 is 23.1 Å². The van der Waals surface area contributed by atoms with Crippen LogP contribution in [-0.4, -0.2) is 42.1 Å². The Morgan fingerprint density at radius 2 is 1.76 bits per heavy atom. The molecular weight excluding hydrogens is 464 g/mol. The van der Waals surface area contributed by atoms with E-state index >= 15 is 0 Å². The third-order valence-corrected chi connectivity index (χ3v) is 6.51. The number of aromatic nitrogens is 2. The van der Waals surface area contributed by atoms with Gasteiger partial charge in [-0.3, -0.25) is 9.52 Å². The van der Waals surface area contributed by atoms with Gasteiger partial charge in [0.05, 0.1) is 11.5 Å². The molecule has 0 bridgehead atoms. The van der Waals surface area contributed by atoms with Crippen LogP contribution >= 0.6 is 11.8 Å². The van der Waals surface area contributed by atoms with Crippen molar-refractivity contribution in [2.75, 3.05) is 16.6 Å². The number of carbonyl (C=O) groups is 1. The van der Waals surface area contributed by atoms with E-state index in [9.17, 15) is 18.3 Å². The molecule has 0 radical (unpaired) electrons. The number of thioether (sulfide) groups is 1. The van der Waals surface area contributed by atoms with Crippen LogP contribution < -0.4 is 14.8 Å². The summed E-state index contributed by atoms with van der Waals surface area (Å²) in [7, 11) is -3.96. The fraction of sp³-hybridized carbons (Fsp3) is 0.227. The van der Waals surface area contributed by atoms with Crippen LogP contribution in [0.5, 0.6) is 5.75 Å². The van der Waals surface area contributed by atoms with Crippen molar-refractivity contribution in [2.45, 2.75) is 35.7 Å². The molecule has 0 unspecified atom stereocenters. The van der Waals surface area contributed by atoms with E-state index in [1.165, 1.54) is 49.0 Å². The molecule has 1 atom stereocenters. The van der Waals surface area contributed by atoms with E-state index in [1.807, 2.05) is 30.3 Å². The van der Waals surface area contributed by atoms with E-state index in [-0.39, 0.29) is 29.1 Å². The zero-order valence-electron chi connectivity index (χ0n) is 18.1. The number of hydrogen-bond acceptors (Lipinski definition) is 9. The summed E-state index contributed by atoms with van der Waals surface area (Å²) in [6.07, 6.45) is 0. The molecular formula is C22H24N4O5S2. The summed E-state index contributed by atoms with van der Waals surface area (Å²) < 4.78 is 33.1. The standard InChI is InChI=1S/C22H24N4O5S2/c1-15(13-27)23-20-12-21(25-22(24-20)32-14-17-6-4-3-5-7-17)26-33(29,30)19-10-8-18(9-11-19)31-16(2)28/h3-12,15,27H,13-14H2,1-2H3,(H2,23,24,25,26)/t15-/m1/s1. The quantitative estimate of drug-likeness (QED) is 0.170. The lowest BCUT2D eigenvalue weighted by atomic mass is 10.2. The number of sulfonamides is 1. The lowest BCUT2D eigenvalue weighted by molar-refractivity contribution is -0.131. The summed E-state index contributed by atoms with van der Waals surface area (Å²) in [5.74, 6) is 0.807. The number of anilines is 2. The lowest BCUT2D eigenvalue weighted by Gasteiger charge is -2.14. The molecule has 3 N–H and O–H groups in total. The minimum absolute atomic E-state index is 0.0197. The predicted octanol–water partition coefficient (Wildman–Crippen LogP) is 3.29. The Balaban J connectivity index is 1.83. The van der Waals surface area contributed by atoms with E-state index in [2.05, 4.69) is 20.0 Å². The number of aliphatic hydroxyl groups excluding tert-OH is 1. The molecule has 1 aromatic heterocycles. The monoisotopic (exact) mass is 488 g/mol. The Hall–Kier alpha value is -3.15. The highest BCUT2D eigenvalue weighted by Crippen LogP contribution is 2.25. The molecule has 9 nitrogen and oxygen atoms in total. The Morgan fingerprint density at radius 1 is 1.09 bits per heavy atom. The first kappa shape index (κ1) is 24.5. The Labute approximate surface area is 196 Å². The molecule has 0 aliphatic heterocycles. The smallest absolute Gasteiger partial charge is 0.308 e. The van der Waals surface area contributed by atoms with Crippen LogP contribution in [0, 0.1) is 0 Å². The summed E-state index contributed by atoms with van der Waals surface area (Å²) in [5, 5.41) is 12.7. The number of nitrogens with zero attached hydrogens (tertiary/aromatic N) is 2. The van der Waals surface area contributed by atoms with Crippen molar-refractivity contribution in [1.82, 2.24) is 9.97 Å². The molecule has 0 fully saturated rings. The van der Waals surface area contributed by atoms with Gasteiger partial charge in [0, 0.05) is 24.8 Å². The average molecular weight is 489 g/mol. The van der Waals surface area contributed by atoms with Crippen LogP contribution in [-0.2, 0) is 20.6 Å². The predicted molar refractivity (Wildman–Crippen MR) is 127 cm³/mol. The van der Waals surface area contributed by atoms with E-state index in [0.29, 0.717) is 16.7 Å². The zero-order chi connectivity index (χ0) is 23.8. The summed E-state index contributed by atoms with van der Waals surface area (Å²) >= 11 is 1.36. The first-order valence-corrected chi connectivity index (χ1v) is 12.5. The molecule has 33 heavy (non-hydrogen) atoms. The number of ether oxygens (including phenoxy) is 1. The largest absolute Gasteiger partial charge is 0.427 e. The zero-order valence-corrected chi connectivity index (χ0v) is 19.7. The van der Waals surface area contributed by atoms with Crippen molar-refractivity contribution in [2.24, 2.45) is 0 Å². The van der Waals surface area contributed by atoms with Crippen molar-refractivity contribution in [3.63, 3.8) is 0 Å². The Kier molecular flexibility index (Phi) is 8.26. The van der Waals surface area contributed by atoms with Crippen LogP contribution in [0.3, 0.4) is 0 Å². The second-order valence-electron chi connectivity index (χ2n) is 7.09. The second kappa shape index (κ2) is 11.1. The molecule has 0 amide bonds. The van der Waals surface area contributed by atoms with E-state index in [1.54, 1.807) is 6.92 Å². The van der Waals surface area contributed by atoms with Crippen molar-refractivity contribution in [3.05, 3.63) is 66.2 Å². The van der Waals surface area contributed by atoms with Gasteiger partial charge in [0.1, 0.15) is 17.4 Å². The van der Waals surface area contributed by atoms with E-state index < -0.39 is 16.0 Å². The molecule has 0 aliphatic rings. The van der Waals surface area contributed by atoms with E-state index in [4.69, 9.17) is 4.74 Å². The molecule has 0 aliphatic carbocycles. The van der Waals surface area contributed by atoms with Crippen molar-refractivity contribution in [1.29, 1.82) is 0 Å². The number of hydrogen-bond donors (Lipinski definition) is 3. The molecule has 2 aromatic carbocycles. The second-order valence-corrected chi connectivity index (χ2v) is 9.72. The molecule has 1 heterocycles. The molecule has 0 spiro atoms. The SMILES string of the molecule is CC(=O)Oc1ccc(S(=O)(=O)Nc2cc(N[C@H](C)CO)nc(SCc3ccccc3)n2)cc1. The summed E-state index contributed by atoms with van der Waals surface area (Å²) in [5.41, 5.74) is 1.07. The van der Waals surface area contributed by atoms with Gasteiger partial charge in [0.25, 0.3) is 10.0 Å². The minimum Gasteiger partial charge on any atom is -0.427 e. The third-order valence-electron chi connectivity index (χ3n) is 4.22. The molecule has 0 saturated carbocycles. The molecule has 0 saturated heterocycles. The van der Waals surface area contributed by atoms with Gasteiger partial charge in [-0.2, -0.15) is 0 Å². The van der Waals surface area contributed by atoms with Crippen LogP contribution in [0.2, 0.25) is 0 Å². The number of rotatable bonds is 10. The lowest BCUT2D eigenvalue weighted by Crippen LogP contribution is -2.21. The molecule has 11 heteroatoms. The van der Waals surface area contributed by atoms with Gasteiger partial charge >= 0.3 is 5.97 Å². The van der Waals surface area contributed by atoms with Crippen molar-refractivity contribution >= 4 is 39.4 Å². The fourth-order valence-corrected chi connectivity index (χ4v) is 4.49. The van der Waals surface area contributed by atoms with Gasteiger partial charge in [-0.25, -0.2) is 18.4 Å². The number of nitrogens with one attached hydrogen (secondary N) is 2. The Morgan fingerprint density at radius 3 is 2.39 bits per heavy atom. The van der Waals surface area contributed by atoms with Crippen LogP contribution in [0.25, 0.3) is 0 Å². The summed E-state index contributed by atoms with van der Waals surface area (Å²) in [6, 6.07) is 16.4. The summed E-state index contributed by atoms with van der Waals surface area (Å²) in [6.45, 7) is 2.91. The van der Waals surface area contributed by atoms with Gasteiger partial charge in [-0.1, -0.05) is 42.1 Å². The van der Waals surface area contributed by atoms with Gasteiger partial charge < -0.3 is 15.2 Å². The first-order valence-electron chi connectivity index (χ1n) is 9.99. The summed E-state index contributed by atoms with van der Waals surface area (Å²) in [4.78, 5) is 19.8. The van der Waals surface area contributed by atoms with Crippen LogP contribution in [0.1, 0.15) is 19.4 Å². The van der Waals surface area contributed by atoms with Crippen LogP contribution in [0.15, 0.2) is 70.7 Å². The van der Waals surface area contributed by atoms with Gasteiger partial charge in [0.2, 0.25) is 0 Å². The van der Waals surface area contributed by atoms with Crippen LogP contribution in [0.4, 0.5) is 11.6 Å². The van der Waals surface area contributed by atoms with E-state index in [0.717, 1.165) is 5.56 Å². The number of esters is 1. The van der Waals surface area contributed by atoms with Gasteiger partial charge in [-0.15, -0.1) is 0 Å². The minimum atomic E-state index is -3.96. The maximum absolute atomic E-state index is 12.9. The normalized spacial score (nSPS) is 12.1. The number of benzene rings is 2. The Bertz CT molecular complexity index is 1190. The number of carbonyl (C=O) groups excluding carboxylic acids is 1. The highest BCUT2D eigenvalue weighted by atomic mass is 32.2. The van der Waals surface area contributed by atoms with Gasteiger partial charge in [0.15, 0.2) is 5.16 Å². The maximum Gasteiger partial charge on any atom is 0.308 e. The maximum atomic E-state index is 12.9. The molecule has 3 aromatic rings. The molecule has 3 rings (SSSR count). The number of aliphatic hydroxyl groups is 1. The third kappa shape index (κ3) is 7.45. The average Bonchev–Trinajstić information content (AvgIpc) is 2.78. The highest BCUT2D eigenvalue weighted by molar-refractivity contribution is 7.98. The molecule has 174 valence electrons. The topological polar surface area (TPSA) is 131 Å².